The maximum Gasteiger partial charge on any atom is 0.310 e. The molecule has 5 heteroatoms. The summed E-state index contributed by atoms with van der Waals surface area (Å²) in [5.41, 5.74) is -0.127. The van der Waals surface area contributed by atoms with E-state index in [1.165, 1.54) is 26.2 Å². The number of hydrogen-bond donors (Lipinski definition) is 3. The second kappa shape index (κ2) is 8.20. The monoisotopic (exact) mass is 246 g/mol. The van der Waals surface area contributed by atoms with E-state index in [0.717, 1.165) is 12.8 Å². The number of aliphatic carboxylic acids is 1. The van der Waals surface area contributed by atoms with Crippen LogP contribution in [0.3, 0.4) is 0 Å². The number of rotatable bonds is 4. The van der Waals surface area contributed by atoms with Crippen LogP contribution >= 0.6 is 0 Å². The molecule has 0 unspecified atom stereocenters. The molecule has 17 heavy (non-hydrogen) atoms. The molecule has 0 bridgehead atoms. The molecule has 0 heterocycles. The molecule has 100 valence electrons. The zero-order valence-electron chi connectivity index (χ0n) is 10.3. The fourth-order valence-corrected chi connectivity index (χ4v) is 1.88. The lowest BCUT2D eigenvalue weighted by molar-refractivity contribution is -0.139. The number of carbonyl (C=O) groups excluding carboxylic acids is 1. The molecule has 0 aromatic rings. The molecule has 0 aromatic heterocycles. The number of ketones is 1. The first-order valence-corrected chi connectivity index (χ1v) is 5.89. The zero-order valence-corrected chi connectivity index (χ0v) is 10.3. The first-order chi connectivity index (χ1) is 7.95. The molecule has 1 rings (SSSR count). The van der Waals surface area contributed by atoms with E-state index in [0.29, 0.717) is 0 Å². The van der Waals surface area contributed by atoms with Crippen LogP contribution in [0.4, 0.5) is 0 Å². The smallest absolute Gasteiger partial charge is 0.310 e. The first kappa shape index (κ1) is 16.1. The van der Waals surface area contributed by atoms with Gasteiger partial charge in [-0.15, -0.1) is 0 Å². The maximum atomic E-state index is 9.87. The van der Waals surface area contributed by atoms with Crippen LogP contribution in [0.1, 0.15) is 45.4 Å². The zero-order chi connectivity index (χ0) is 13.3. The molecule has 0 aromatic carbocycles. The van der Waals surface area contributed by atoms with Gasteiger partial charge < -0.3 is 15.3 Å². The van der Waals surface area contributed by atoms with Crippen molar-refractivity contribution >= 4 is 11.8 Å². The number of aliphatic hydroxyl groups excluding tert-OH is 2. The topological polar surface area (TPSA) is 94.8 Å². The molecule has 5 nitrogen and oxygen atoms in total. The molecule has 1 fully saturated rings. The molecule has 1 aliphatic rings. The number of carboxylic acids is 1. The summed E-state index contributed by atoms with van der Waals surface area (Å²) in [5, 5.41) is 25.8. The van der Waals surface area contributed by atoms with E-state index >= 15 is 0 Å². The van der Waals surface area contributed by atoms with Gasteiger partial charge in [0, 0.05) is 5.41 Å². The highest BCUT2D eigenvalue weighted by Crippen LogP contribution is 2.34. The standard InChI is InChI=1S/C8H16O2.C4H6O3/c9-6-8(7-10)4-2-1-3-5-8;1-3(5)2-4(6)7/h9-10H,1-7H2;2H2,1H3,(H,6,7). The molecule has 1 saturated carbocycles. The van der Waals surface area contributed by atoms with Crippen molar-refractivity contribution in [1.29, 1.82) is 0 Å². The molecule has 0 atom stereocenters. The summed E-state index contributed by atoms with van der Waals surface area (Å²) in [4.78, 5) is 19.5. The molecule has 1 aliphatic carbocycles. The second-order valence-corrected chi connectivity index (χ2v) is 4.65. The summed E-state index contributed by atoms with van der Waals surface area (Å²) in [6.07, 6.45) is 5.24. The highest BCUT2D eigenvalue weighted by molar-refractivity contribution is 5.93. The van der Waals surface area contributed by atoms with Gasteiger partial charge in [0.25, 0.3) is 0 Å². The van der Waals surface area contributed by atoms with Crippen molar-refractivity contribution in [2.45, 2.75) is 45.4 Å². The average Bonchev–Trinajstić information content (AvgIpc) is 2.29. The van der Waals surface area contributed by atoms with Crippen molar-refractivity contribution < 1.29 is 24.9 Å². The third-order valence-corrected chi connectivity index (χ3v) is 2.99. The molecular formula is C12H22O5. The Labute approximate surface area is 101 Å². The molecule has 0 saturated heterocycles. The minimum Gasteiger partial charge on any atom is -0.481 e. The third kappa shape index (κ3) is 7.07. The molecule has 3 N–H and O–H groups in total. The highest BCUT2D eigenvalue weighted by atomic mass is 16.4. The lowest BCUT2D eigenvalue weighted by atomic mass is 9.75. The predicted octanol–water partition coefficient (Wildman–Crippen LogP) is 0.972. The average molecular weight is 246 g/mol. The summed E-state index contributed by atoms with van der Waals surface area (Å²) >= 11 is 0. The number of hydrogen-bond acceptors (Lipinski definition) is 4. The van der Waals surface area contributed by atoms with Crippen molar-refractivity contribution in [2.24, 2.45) is 5.41 Å². The van der Waals surface area contributed by atoms with Crippen LogP contribution in [0.15, 0.2) is 0 Å². The van der Waals surface area contributed by atoms with Gasteiger partial charge in [0.05, 0.1) is 13.2 Å². The Kier molecular flexibility index (Phi) is 7.74. The van der Waals surface area contributed by atoms with Crippen LogP contribution in [0.25, 0.3) is 0 Å². The van der Waals surface area contributed by atoms with Crippen molar-refractivity contribution in [3.8, 4) is 0 Å². The normalized spacial score (nSPS) is 17.8. The van der Waals surface area contributed by atoms with E-state index in [1.54, 1.807) is 0 Å². The summed E-state index contributed by atoms with van der Waals surface area (Å²) in [6.45, 7) is 1.56. The maximum absolute atomic E-state index is 9.87. The fourth-order valence-electron chi connectivity index (χ4n) is 1.88. The molecule has 0 aliphatic heterocycles. The minimum atomic E-state index is -1.06. The first-order valence-electron chi connectivity index (χ1n) is 5.89. The van der Waals surface area contributed by atoms with E-state index in [1.807, 2.05) is 0 Å². The van der Waals surface area contributed by atoms with Gasteiger partial charge >= 0.3 is 5.97 Å². The van der Waals surface area contributed by atoms with Gasteiger partial charge in [-0.3, -0.25) is 9.59 Å². The van der Waals surface area contributed by atoms with Crippen LogP contribution < -0.4 is 0 Å². The van der Waals surface area contributed by atoms with Gasteiger partial charge in [-0.1, -0.05) is 19.3 Å². The molecule has 0 radical (unpaired) electrons. The van der Waals surface area contributed by atoms with E-state index in [9.17, 15) is 9.59 Å². The fraction of sp³-hybridized carbons (Fsp3) is 0.833. The molecule has 0 amide bonds. The summed E-state index contributed by atoms with van der Waals surface area (Å²) in [6, 6.07) is 0. The SMILES string of the molecule is CC(=O)CC(=O)O.OCC1(CO)CCCCC1. The second-order valence-electron chi connectivity index (χ2n) is 4.65. The van der Waals surface area contributed by atoms with E-state index < -0.39 is 5.97 Å². The van der Waals surface area contributed by atoms with Gasteiger partial charge in [-0.25, -0.2) is 0 Å². The van der Waals surface area contributed by atoms with Crippen LogP contribution in [-0.2, 0) is 9.59 Å². The Balaban J connectivity index is 0.000000325. The Morgan fingerprint density at radius 3 is 1.71 bits per heavy atom. The van der Waals surface area contributed by atoms with E-state index in [-0.39, 0.29) is 30.8 Å². The quantitative estimate of drug-likeness (QED) is 0.642. The third-order valence-electron chi connectivity index (χ3n) is 2.99. The van der Waals surface area contributed by atoms with Crippen LogP contribution in [0.2, 0.25) is 0 Å². The lowest BCUT2D eigenvalue weighted by Crippen LogP contribution is -2.31. The van der Waals surface area contributed by atoms with Gasteiger partial charge in [0.15, 0.2) is 0 Å². The Bertz CT molecular complexity index is 225. The van der Waals surface area contributed by atoms with Crippen LogP contribution in [0, 0.1) is 5.41 Å². The summed E-state index contributed by atoms with van der Waals surface area (Å²) in [5.74, 6) is -1.37. The van der Waals surface area contributed by atoms with Crippen molar-refractivity contribution in [2.75, 3.05) is 13.2 Å². The minimum absolute atomic E-state index is 0.127. The van der Waals surface area contributed by atoms with Gasteiger partial charge in [0.2, 0.25) is 0 Å². The highest BCUT2D eigenvalue weighted by Gasteiger charge is 2.30. The van der Waals surface area contributed by atoms with Crippen molar-refractivity contribution in [1.82, 2.24) is 0 Å². The van der Waals surface area contributed by atoms with Crippen molar-refractivity contribution in [3.05, 3.63) is 0 Å². The number of carbonyl (C=O) groups is 2. The van der Waals surface area contributed by atoms with E-state index in [2.05, 4.69) is 0 Å². The Hall–Kier alpha value is -0.940. The Morgan fingerprint density at radius 2 is 1.53 bits per heavy atom. The summed E-state index contributed by atoms with van der Waals surface area (Å²) in [7, 11) is 0. The Morgan fingerprint density at radius 1 is 1.06 bits per heavy atom. The van der Waals surface area contributed by atoms with Crippen LogP contribution in [-0.4, -0.2) is 40.3 Å². The largest absolute Gasteiger partial charge is 0.481 e. The van der Waals surface area contributed by atoms with E-state index in [4.69, 9.17) is 15.3 Å². The number of aliphatic hydroxyl groups is 2. The summed E-state index contributed by atoms with van der Waals surface area (Å²) < 4.78 is 0. The van der Waals surface area contributed by atoms with Gasteiger partial charge in [-0.05, 0) is 19.8 Å². The molecular weight excluding hydrogens is 224 g/mol. The predicted molar refractivity (Wildman–Crippen MR) is 62.6 cm³/mol. The number of Topliss-reactive ketones (excluding diaryl/α,β-unsaturated/α-hetero) is 1. The molecule has 0 spiro atoms. The van der Waals surface area contributed by atoms with Crippen LogP contribution in [0.5, 0.6) is 0 Å². The number of carboxylic acid groups (broad SMARTS) is 1. The van der Waals surface area contributed by atoms with Crippen molar-refractivity contribution in [3.63, 3.8) is 0 Å². The van der Waals surface area contributed by atoms with Gasteiger partial charge in [0.1, 0.15) is 12.2 Å². The lowest BCUT2D eigenvalue weighted by Gasteiger charge is -2.33. The van der Waals surface area contributed by atoms with Gasteiger partial charge in [-0.2, -0.15) is 0 Å².